The van der Waals surface area contributed by atoms with Gasteiger partial charge in [-0.1, -0.05) is 0 Å². The van der Waals surface area contributed by atoms with E-state index in [1.165, 1.54) is 7.11 Å². The van der Waals surface area contributed by atoms with Crippen molar-refractivity contribution in [1.29, 1.82) is 0 Å². The van der Waals surface area contributed by atoms with Crippen LogP contribution in [0.15, 0.2) is 24.5 Å². The summed E-state index contributed by atoms with van der Waals surface area (Å²) in [5.41, 5.74) is 2.34. The predicted octanol–water partition coefficient (Wildman–Crippen LogP) is 3.91. The van der Waals surface area contributed by atoms with E-state index in [2.05, 4.69) is 20.3 Å². The number of aryl methyl sites for hydroxylation is 2. The zero-order chi connectivity index (χ0) is 21.2. The largest absolute Gasteiger partial charge is 0.384 e. The van der Waals surface area contributed by atoms with Crippen molar-refractivity contribution in [3.05, 3.63) is 36.0 Å². The molecule has 0 saturated heterocycles. The molecule has 0 aliphatic heterocycles. The minimum Gasteiger partial charge on any atom is -0.384 e. The molecule has 0 aliphatic rings. The summed E-state index contributed by atoms with van der Waals surface area (Å²) in [5, 5.41) is 3.49. The van der Waals surface area contributed by atoms with Crippen molar-refractivity contribution in [2.75, 3.05) is 19.0 Å². The summed E-state index contributed by atoms with van der Waals surface area (Å²) >= 11 is 0. The fourth-order valence-corrected chi connectivity index (χ4v) is 3.02. The average Bonchev–Trinajstić information content (AvgIpc) is 3.03. The normalized spacial score (nSPS) is 11.8. The topological polar surface area (TPSA) is 81.9 Å². The number of nitrogens with zero attached hydrogens (tertiary/aromatic N) is 4. The predicted molar refractivity (Wildman–Crippen MR) is 106 cm³/mol. The first-order valence-electron chi connectivity index (χ1n) is 9.25. The van der Waals surface area contributed by atoms with Gasteiger partial charge in [0.25, 0.3) is 0 Å². The molecular weight excluding hydrogens is 380 g/mol. The summed E-state index contributed by atoms with van der Waals surface area (Å²) in [6.07, 6.45) is 3.71. The summed E-state index contributed by atoms with van der Waals surface area (Å²) < 4.78 is 34.5. The smallest absolute Gasteiger partial charge is 0.303 e. The molecule has 154 valence electrons. The van der Waals surface area contributed by atoms with Crippen LogP contribution in [0.4, 0.5) is 14.6 Å². The van der Waals surface area contributed by atoms with Crippen molar-refractivity contribution in [3.8, 4) is 11.3 Å². The number of hydrogen-bond donors (Lipinski definition) is 1. The van der Waals surface area contributed by atoms with Crippen LogP contribution in [0.2, 0.25) is 0 Å². The second kappa shape index (κ2) is 8.20. The highest BCUT2D eigenvalue weighted by Crippen LogP contribution is 2.33. The molecule has 0 radical (unpaired) electrons. The van der Waals surface area contributed by atoms with Crippen LogP contribution in [0.5, 0.6) is 0 Å². The molecule has 0 aliphatic carbocycles. The van der Waals surface area contributed by atoms with E-state index < -0.39 is 11.7 Å². The highest BCUT2D eigenvalue weighted by molar-refractivity contribution is 5.98. The number of carbonyl (C=O) groups excluding carboxylic acids is 1. The standard InChI is InChI=1S/C20H23F2N5O2/c1-5-27-11-14(15-8-12(2)24-19(25-15)20(3,21)22)13-9-17(23-10-16(13)27)26-18(28)6-7-29-4/h8-11H,5-7H2,1-4H3,(H,23,26,28). The van der Waals surface area contributed by atoms with Crippen LogP contribution in [0.3, 0.4) is 0 Å². The second-order valence-corrected chi connectivity index (χ2v) is 6.81. The number of anilines is 1. The summed E-state index contributed by atoms with van der Waals surface area (Å²) in [5.74, 6) is -3.51. The lowest BCUT2D eigenvalue weighted by atomic mass is 10.1. The van der Waals surface area contributed by atoms with E-state index in [1.54, 1.807) is 25.3 Å². The van der Waals surface area contributed by atoms with E-state index in [9.17, 15) is 13.6 Å². The Hall–Kier alpha value is -2.94. The number of nitrogens with one attached hydrogen (secondary N) is 1. The third kappa shape index (κ3) is 4.56. The van der Waals surface area contributed by atoms with Gasteiger partial charge in [0.1, 0.15) is 5.82 Å². The molecule has 0 spiro atoms. The van der Waals surface area contributed by atoms with Gasteiger partial charge in [-0.2, -0.15) is 8.78 Å². The van der Waals surface area contributed by atoms with Crippen molar-refractivity contribution in [2.24, 2.45) is 0 Å². The Balaban J connectivity index is 2.09. The van der Waals surface area contributed by atoms with Crippen LogP contribution in [-0.2, 0) is 22.0 Å². The Morgan fingerprint density at radius 2 is 2.07 bits per heavy atom. The number of alkyl halides is 2. The lowest BCUT2D eigenvalue weighted by Crippen LogP contribution is -2.14. The maximum atomic E-state index is 13.8. The fourth-order valence-electron chi connectivity index (χ4n) is 3.02. The number of aromatic nitrogens is 4. The second-order valence-electron chi connectivity index (χ2n) is 6.81. The highest BCUT2D eigenvalue weighted by atomic mass is 19.3. The Bertz CT molecular complexity index is 1040. The van der Waals surface area contributed by atoms with Crippen LogP contribution in [0.1, 0.15) is 31.8 Å². The Morgan fingerprint density at radius 1 is 1.31 bits per heavy atom. The van der Waals surface area contributed by atoms with Crippen molar-refractivity contribution >= 4 is 22.6 Å². The van der Waals surface area contributed by atoms with Gasteiger partial charge in [-0.3, -0.25) is 4.79 Å². The quantitative estimate of drug-likeness (QED) is 0.647. The van der Waals surface area contributed by atoms with Gasteiger partial charge in [0.2, 0.25) is 5.91 Å². The first kappa shape index (κ1) is 20.8. The van der Waals surface area contributed by atoms with E-state index in [0.29, 0.717) is 35.9 Å². The lowest BCUT2D eigenvalue weighted by Gasteiger charge is -2.11. The third-order valence-corrected chi connectivity index (χ3v) is 4.43. The Labute approximate surface area is 167 Å². The minimum absolute atomic E-state index is 0.207. The van der Waals surface area contributed by atoms with Crippen LogP contribution >= 0.6 is 0 Å². The summed E-state index contributed by atoms with van der Waals surface area (Å²) in [6, 6.07) is 3.39. The first-order chi connectivity index (χ1) is 13.7. The summed E-state index contributed by atoms with van der Waals surface area (Å²) in [7, 11) is 1.52. The van der Waals surface area contributed by atoms with Crippen molar-refractivity contribution in [2.45, 2.75) is 39.7 Å². The van der Waals surface area contributed by atoms with Crippen molar-refractivity contribution in [3.63, 3.8) is 0 Å². The molecule has 0 bridgehead atoms. The van der Waals surface area contributed by atoms with Crippen LogP contribution in [-0.4, -0.2) is 39.1 Å². The average molecular weight is 403 g/mol. The molecule has 0 aromatic carbocycles. The molecule has 3 heterocycles. The molecule has 9 heteroatoms. The first-order valence-corrected chi connectivity index (χ1v) is 9.25. The molecule has 0 atom stereocenters. The molecule has 3 aromatic rings. The number of methoxy groups -OCH3 is 1. The van der Waals surface area contributed by atoms with Gasteiger partial charge < -0.3 is 14.6 Å². The number of fused-ring (bicyclic) bond motifs is 1. The van der Waals surface area contributed by atoms with E-state index >= 15 is 0 Å². The van der Waals surface area contributed by atoms with Crippen LogP contribution < -0.4 is 5.32 Å². The number of halogens is 2. The zero-order valence-electron chi connectivity index (χ0n) is 16.8. The molecule has 1 amide bonds. The van der Waals surface area contributed by atoms with Crippen LogP contribution in [0, 0.1) is 6.92 Å². The number of carbonyl (C=O) groups is 1. The van der Waals surface area contributed by atoms with E-state index in [0.717, 1.165) is 17.8 Å². The van der Waals surface area contributed by atoms with Gasteiger partial charge in [-0.15, -0.1) is 0 Å². The Morgan fingerprint density at radius 3 is 2.72 bits per heavy atom. The Kier molecular flexibility index (Phi) is 5.88. The zero-order valence-corrected chi connectivity index (χ0v) is 16.8. The van der Waals surface area contributed by atoms with Gasteiger partial charge >= 0.3 is 5.92 Å². The van der Waals surface area contributed by atoms with Gasteiger partial charge in [-0.25, -0.2) is 15.0 Å². The molecule has 0 fully saturated rings. The van der Waals surface area contributed by atoms with E-state index in [4.69, 9.17) is 4.74 Å². The minimum atomic E-state index is -3.15. The number of pyridine rings is 1. The lowest BCUT2D eigenvalue weighted by molar-refractivity contribution is -0.117. The SMILES string of the molecule is CCn1cc(-c2cc(C)nc(C(C)(F)F)n2)c2cc(NC(=O)CCOC)ncc21. The van der Waals surface area contributed by atoms with Crippen molar-refractivity contribution < 1.29 is 18.3 Å². The van der Waals surface area contributed by atoms with E-state index in [-0.39, 0.29) is 12.3 Å². The van der Waals surface area contributed by atoms with Crippen LogP contribution in [0.25, 0.3) is 22.2 Å². The number of rotatable bonds is 7. The fraction of sp³-hybridized carbons (Fsp3) is 0.400. The number of amides is 1. The van der Waals surface area contributed by atoms with Gasteiger partial charge in [0, 0.05) is 43.4 Å². The molecule has 1 N–H and O–H groups in total. The molecule has 29 heavy (non-hydrogen) atoms. The van der Waals surface area contributed by atoms with Gasteiger partial charge in [0.15, 0.2) is 5.82 Å². The highest BCUT2D eigenvalue weighted by Gasteiger charge is 2.29. The monoisotopic (exact) mass is 403 g/mol. The molecule has 3 aromatic heterocycles. The summed E-state index contributed by atoms with van der Waals surface area (Å²) in [4.78, 5) is 24.3. The third-order valence-electron chi connectivity index (χ3n) is 4.43. The molecule has 0 unspecified atom stereocenters. The van der Waals surface area contributed by atoms with E-state index in [1.807, 2.05) is 17.7 Å². The molecule has 7 nitrogen and oxygen atoms in total. The molecule has 3 rings (SSSR count). The van der Waals surface area contributed by atoms with Gasteiger partial charge in [0.05, 0.1) is 30.4 Å². The number of hydrogen-bond acceptors (Lipinski definition) is 5. The molecular formula is C20H23F2N5O2. The maximum absolute atomic E-state index is 13.8. The van der Waals surface area contributed by atoms with Gasteiger partial charge in [-0.05, 0) is 26.0 Å². The number of ether oxygens (including phenoxy) is 1. The van der Waals surface area contributed by atoms with Crippen molar-refractivity contribution in [1.82, 2.24) is 19.5 Å². The maximum Gasteiger partial charge on any atom is 0.303 e. The summed E-state index contributed by atoms with van der Waals surface area (Å²) in [6.45, 7) is 5.37. The molecule has 0 saturated carbocycles.